The molecule has 0 radical (unpaired) electrons. The van der Waals surface area contributed by atoms with Crippen molar-refractivity contribution in [3.8, 4) is 11.3 Å². The maximum absolute atomic E-state index is 13.1. The van der Waals surface area contributed by atoms with Crippen LogP contribution in [-0.2, 0) is 4.79 Å². The summed E-state index contributed by atoms with van der Waals surface area (Å²) in [5, 5.41) is 2.98. The number of carbonyl (C=O) groups excluding carboxylic acids is 2. The van der Waals surface area contributed by atoms with Crippen LogP contribution in [0.2, 0.25) is 0 Å². The Morgan fingerprint density at radius 3 is 2.85 bits per heavy atom. The molecule has 0 saturated carbocycles. The fourth-order valence-corrected chi connectivity index (χ4v) is 4.25. The summed E-state index contributed by atoms with van der Waals surface area (Å²) >= 11 is 1.58. The number of piperazine rings is 1. The SMILES string of the molecule is Cc1nc(-c2cccc(C(=O)N3CCN(C)C(=O)C3C)c2)c2ccsc2n1. The van der Waals surface area contributed by atoms with Crippen molar-refractivity contribution in [2.45, 2.75) is 19.9 Å². The molecule has 0 aliphatic carbocycles. The van der Waals surface area contributed by atoms with Crippen LogP contribution in [0.25, 0.3) is 21.5 Å². The first kappa shape index (κ1) is 17.6. The Bertz CT molecular complexity index is 1050. The van der Waals surface area contributed by atoms with Gasteiger partial charge in [0, 0.05) is 36.7 Å². The fraction of sp³-hybridized carbons (Fsp3) is 0.300. The Balaban J connectivity index is 1.71. The predicted molar refractivity (Wildman–Crippen MR) is 106 cm³/mol. The molecule has 0 N–H and O–H groups in total. The summed E-state index contributed by atoms with van der Waals surface area (Å²) in [6.45, 7) is 4.74. The highest BCUT2D eigenvalue weighted by Crippen LogP contribution is 2.30. The number of fused-ring (bicyclic) bond motifs is 1. The average molecular weight is 380 g/mol. The number of hydrogen-bond acceptors (Lipinski definition) is 5. The van der Waals surface area contributed by atoms with Crippen molar-refractivity contribution in [2.24, 2.45) is 0 Å². The van der Waals surface area contributed by atoms with Crippen molar-refractivity contribution < 1.29 is 9.59 Å². The summed E-state index contributed by atoms with van der Waals surface area (Å²) in [4.78, 5) is 38.6. The standard InChI is InChI=1S/C20H20N4O2S/c1-12-19(25)23(3)8-9-24(12)20(26)15-6-4-5-14(11-15)17-16-7-10-27-18(16)22-13(2)21-17/h4-7,10-12H,8-9H2,1-3H3. The molecule has 3 heterocycles. The zero-order chi connectivity index (χ0) is 19.1. The molecule has 1 fully saturated rings. The number of likely N-dealkylation sites (N-methyl/N-ethyl adjacent to an activating group) is 1. The molecule has 1 aliphatic heterocycles. The van der Waals surface area contributed by atoms with E-state index in [2.05, 4.69) is 9.97 Å². The maximum atomic E-state index is 13.1. The third-order valence-electron chi connectivity index (χ3n) is 4.96. The summed E-state index contributed by atoms with van der Waals surface area (Å²) in [5.41, 5.74) is 2.27. The molecule has 1 atom stereocenters. The molecule has 27 heavy (non-hydrogen) atoms. The van der Waals surface area contributed by atoms with Crippen LogP contribution >= 0.6 is 11.3 Å². The molecule has 2 aromatic heterocycles. The van der Waals surface area contributed by atoms with Gasteiger partial charge in [-0.1, -0.05) is 12.1 Å². The second kappa shape index (κ2) is 6.74. The van der Waals surface area contributed by atoms with Crippen LogP contribution < -0.4 is 0 Å². The first-order valence-electron chi connectivity index (χ1n) is 8.84. The van der Waals surface area contributed by atoms with Gasteiger partial charge in [0.15, 0.2) is 0 Å². The van der Waals surface area contributed by atoms with Gasteiger partial charge in [0.05, 0.1) is 5.69 Å². The van der Waals surface area contributed by atoms with Crippen LogP contribution in [0, 0.1) is 6.92 Å². The van der Waals surface area contributed by atoms with Crippen LogP contribution in [-0.4, -0.2) is 57.8 Å². The largest absolute Gasteiger partial charge is 0.342 e. The average Bonchev–Trinajstić information content (AvgIpc) is 3.13. The molecule has 1 aliphatic rings. The van der Waals surface area contributed by atoms with Crippen LogP contribution in [0.5, 0.6) is 0 Å². The number of benzene rings is 1. The normalized spacial score (nSPS) is 17.6. The molecule has 3 aromatic rings. The number of rotatable bonds is 2. The lowest BCUT2D eigenvalue weighted by atomic mass is 10.0. The summed E-state index contributed by atoms with van der Waals surface area (Å²) in [7, 11) is 1.77. The van der Waals surface area contributed by atoms with Gasteiger partial charge in [-0.25, -0.2) is 9.97 Å². The van der Waals surface area contributed by atoms with Crippen molar-refractivity contribution in [1.82, 2.24) is 19.8 Å². The van der Waals surface area contributed by atoms with E-state index in [1.807, 2.05) is 36.6 Å². The van der Waals surface area contributed by atoms with E-state index in [-0.39, 0.29) is 11.8 Å². The van der Waals surface area contributed by atoms with E-state index in [1.54, 1.807) is 41.2 Å². The molecule has 0 spiro atoms. The number of hydrogen-bond donors (Lipinski definition) is 0. The number of carbonyl (C=O) groups is 2. The van der Waals surface area contributed by atoms with E-state index in [4.69, 9.17) is 0 Å². The first-order valence-corrected chi connectivity index (χ1v) is 9.72. The molecule has 1 saturated heterocycles. The third kappa shape index (κ3) is 3.08. The molecule has 2 amide bonds. The fourth-order valence-electron chi connectivity index (χ4n) is 3.44. The number of aromatic nitrogens is 2. The monoisotopic (exact) mass is 380 g/mol. The molecule has 1 aromatic carbocycles. The van der Waals surface area contributed by atoms with E-state index in [0.29, 0.717) is 24.5 Å². The van der Waals surface area contributed by atoms with Gasteiger partial charge in [0.1, 0.15) is 16.7 Å². The van der Waals surface area contributed by atoms with Gasteiger partial charge >= 0.3 is 0 Å². The highest BCUT2D eigenvalue weighted by molar-refractivity contribution is 7.16. The lowest BCUT2D eigenvalue weighted by molar-refractivity contribution is -0.137. The van der Waals surface area contributed by atoms with E-state index in [9.17, 15) is 9.59 Å². The zero-order valence-corrected chi connectivity index (χ0v) is 16.3. The van der Waals surface area contributed by atoms with E-state index < -0.39 is 6.04 Å². The summed E-state index contributed by atoms with van der Waals surface area (Å²) in [6.07, 6.45) is 0. The third-order valence-corrected chi connectivity index (χ3v) is 5.76. The van der Waals surface area contributed by atoms with Crippen LogP contribution in [0.1, 0.15) is 23.1 Å². The highest BCUT2D eigenvalue weighted by Gasteiger charge is 2.33. The lowest BCUT2D eigenvalue weighted by Gasteiger charge is -2.37. The van der Waals surface area contributed by atoms with Crippen molar-refractivity contribution in [3.05, 3.63) is 47.1 Å². The van der Waals surface area contributed by atoms with Gasteiger partial charge in [-0.15, -0.1) is 11.3 Å². The zero-order valence-electron chi connectivity index (χ0n) is 15.5. The Hall–Kier alpha value is -2.80. The minimum Gasteiger partial charge on any atom is -0.342 e. The smallest absolute Gasteiger partial charge is 0.254 e. The van der Waals surface area contributed by atoms with Crippen molar-refractivity contribution in [1.29, 1.82) is 0 Å². The molecular weight excluding hydrogens is 360 g/mol. The Morgan fingerprint density at radius 1 is 1.22 bits per heavy atom. The predicted octanol–water partition coefficient (Wildman–Crippen LogP) is 2.97. The van der Waals surface area contributed by atoms with Crippen molar-refractivity contribution in [3.63, 3.8) is 0 Å². The van der Waals surface area contributed by atoms with Gasteiger partial charge in [-0.05, 0) is 37.4 Å². The molecule has 138 valence electrons. The van der Waals surface area contributed by atoms with Gasteiger partial charge in [-0.3, -0.25) is 9.59 Å². The molecule has 1 unspecified atom stereocenters. The maximum Gasteiger partial charge on any atom is 0.254 e. The molecule has 6 nitrogen and oxygen atoms in total. The molecule has 4 rings (SSSR count). The minimum atomic E-state index is -0.454. The number of nitrogens with zero attached hydrogens (tertiary/aromatic N) is 4. The highest BCUT2D eigenvalue weighted by atomic mass is 32.1. The number of amides is 2. The van der Waals surface area contributed by atoms with E-state index in [0.717, 1.165) is 21.5 Å². The van der Waals surface area contributed by atoms with Gasteiger partial charge < -0.3 is 9.80 Å². The lowest BCUT2D eigenvalue weighted by Crippen LogP contribution is -2.56. The van der Waals surface area contributed by atoms with Crippen LogP contribution in [0.15, 0.2) is 35.7 Å². The Kier molecular flexibility index (Phi) is 4.39. The Labute approximate surface area is 161 Å². The quantitative estimate of drug-likeness (QED) is 0.686. The Morgan fingerprint density at radius 2 is 2.04 bits per heavy atom. The van der Waals surface area contributed by atoms with Crippen LogP contribution in [0.3, 0.4) is 0 Å². The van der Waals surface area contributed by atoms with Gasteiger partial charge in [0.2, 0.25) is 5.91 Å². The summed E-state index contributed by atoms with van der Waals surface area (Å²) in [5.74, 6) is 0.547. The second-order valence-electron chi connectivity index (χ2n) is 6.77. The van der Waals surface area contributed by atoms with E-state index >= 15 is 0 Å². The number of thiophene rings is 1. The van der Waals surface area contributed by atoms with Crippen molar-refractivity contribution in [2.75, 3.05) is 20.1 Å². The van der Waals surface area contributed by atoms with Gasteiger partial charge in [0.25, 0.3) is 5.91 Å². The molecule has 7 heteroatoms. The van der Waals surface area contributed by atoms with E-state index in [1.165, 1.54) is 0 Å². The summed E-state index contributed by atoms with van der Waals surface area (Å²) < 4.78 is 0. The van der Waals surface area contributed by atoms with Crippen molar-refractivity contribution >= 4 is 33.4 Å². The minimum absolute atomic E-state index is 0.0304. The van der Waals surface area contributed by atoms with Crippen LogP contribution in [0.4, 0.5) is 0 Å². The molecule has 0 bridgehead atoms. The topological polar surface area (TPSA) is 66.4 Å². The summed E-state index contributed by atoms with van der Waals surface area (Å²) in [6, 6.07) is 9.01. The first-order chi connectivity index (χ1) is 13.0. The van der Waals surface area contributed by atoms with Gasteiger partial charge in [-0.2, -0.15) is 0 Å². The second-order valence-corrected chi connectivity index (χ2v) is 7.67. The molecular formula is C20H20N4O2S. The number of aryl methyl sites for hydroxylation is 1.